The van der Waals surface area contributed by atoms with E-state index in [2.05, 4.69) is 10.9 Å². The smallest absolute Gasteiger partial charge is 0.235 e. The Labute approximate surface area is 82.1 Å². The molecule has 0 aliphatic carbocycles. The van der Waals surface area contributed by atoms with Gasteiger partial charge in [0.1, 0.15) is 0 Å². The third-order valence-electron chi connectivity index (χ3n) is 1.55. The molecule has 1 amide bonds. The molecule has 0 radical (unpaired) electrons. The Hall–Kier alpha value is -1.22. The van der Waals surface area contributed by atoms with Gasteiger partial charge in [-0.2, -0.15) is 0 Å². The second kappa shape index (κ2) is 4.14. The number of hydrazine groups is 1. The normalized spacial score (nSPS) is 9.46. The maximum absolute atomic E-state index is 10.6. The summed E-state index contributed by atoms with van der Waals surface area (Å²) in [6.07, 6.45) is 0. The minimum absolute atomic E-state index is 0.142. The number of carbonyl (C=O) groups excluding carboxylic acids is 1. The number of halogens is 1. The number of nitrogens with one attached hydrogen (secondary N) is 2. The minimum Gasteiger partial charge on any atom is -0.299 e. The summed E-state index contributed by atoms with van der Waals surface area (Å²) in [5.41, 5.74) is 6.97. The van der Waals surface area contributed by atoms with Crippen molar-refractivity contribution >= 4 is 23.2 Å². The fourth-order valence-corrected chi connectivity index (χ4v) is 1.01. The molecule has 3 nitrogen and oxygen atoms in total. The summed E-state index contributed by atoms with van der Waals surface area (Å²) in [7, 11) is 0. The number of rotatable bonds is 2. The highest BCUT2D eigenvalue weighted by molar-refractivity contribution is 6.31. The zero-order valence-corrected chi connectivity index (χ0v) is 8.27. The lowest BCUT2D eigenvalue weighted by Gasteiger charge is -2.07. The predicted octanol–water partition coefficient (Wildman–Crippen LogP) is 2.11. The molecule has 1 rings (SSSR count). The molecule has 2 N–H and O–H groups in total. The van der Waals surface area contributed by atoms with E-state index in [-0.39, 0.29) is 5.91 Å². The molecule has 0 bridgehead atoms. The van der Waals surface area contributed by atoms with Crippen LogP contribution >= 0.6 is 11.6 Å². The second-order valence-corrected chi connectivity index (χ2v) is 3.18. The molecule has 4 heteroatoms. The maximum atomic E-state index is 10.6. The van der Waals surface area contributed by atoms with Crippen molar-refractivity contribution in [2.45, 2.75) is 13.8 Å². The van der Waals surface area contributed by atoms with Crippen molar-refractivity contribution < 1.29 is 4.79 Å². The van der Waals surface area contributed by atoms with Crippen molar-refractivity contribution in [2.24, 2.45) is 0 Å². The van der Waals surface area contributed by atoms with Crippen molar-refractivity contribution in [3.05, 3.63) is 28.8 Å². The van der Waals surface area contributed by atoms with Crippen molar-refractivity contribution in [1.82, 2.24) is 5.43 Å². The highest BCUT2D eigenvalue weighted by Crippen LogP contribution is 2.19. The van der Waals surface area contributed by atoms with E-state index in [0.29, 0.717) is 5.02 Å². The molecule has 0 heterocycles. The Morgan fingerprint density at radius 1 is 1.46 bits per heavy atom. The van der Waals surface area contributed by atoms with Gasteiger partial charge in [0, 0.05) is 11.9 Å². The van der Waals surface area contributed by atoms with Gasteiger partial charge in [-0.1, -0.05) is 17.7 Å². The first kappa shape index (κ1) is 9.86. The molecular weight excluding hydrogens is 188 g/mol. The van der Waals surface area contributed by atoms with Crippen LogP contribution in [0, 0.1) is 6.92 Å². The summed E-state index contributed by atoms with van der Waals surface area (Å²) < 4.78 is 0. The molecule has 0 fully saturated rings. The average Bonchev–Trinajstić information content (AvgIpc) is 2.07. The zero-order valence-electron chi connectivity index (χ0n) is 7.52. The first-order valence-corrected chi connectivity index (χ1v) is 4.26. The first-order chi connectivity index (χ1) is 6.09. The van der Waals surface area contributed by atoms with Gasteiger partial charge >= 0.3 is 0 Å². The van der Waals surface area contributed by atoms with Crippen LogP contribution in [0.15, 0.2) is 18.2 Å². The van der Waals surface area contributed by atoms with E-state index in [1.807, 2.05) is 19.1 Å². The van der Waals surface area contributed by atoms with Gasteiger partial charge in [0.2, 0.25) is 5.91 Å². The van der Waals surface area contributed by atoms with Gasteiger partial charge in [-0.05, 0) is 24.6 Å². The molecule has 1 aromatic carbocycles. The Kier molecular flexibility index (Phi) is 3.14. The van der Waals surface area contributed by atoms with Gasteiger partial charge in [-0.15, -0.1) is 0 Å². The average molecular weight is 199 g/mol. The number of aryl methyl sites for hydroxylation is 1. The van der Waals surface area contributed by atoms with E-state index in [4.69, 9.17) is 11.6 Å². The summed E-state index contributed by atoms with van der Waals surface area (Å²) in [6.45, 7) is 3.35. The molecule has 0 unspecified atom stereocenters. The number of benzene rings is 1. The standard InChI is InChI=1S/C9H11ClN2O/c1-6-3-4-8(5-9(6)10)12-11-7(2)13/h3-5,12H,1-2H3,(H,11,13). The van der Waals surface area contributed by atoms with Gasteiger partial charge in [0.05, 0.1) is 5.69 Å². The highest BCUT2D eigenvalue weighted by Gasteiger charge is 1.97. The van der Waals surface area contributed by atoms with Gasteiger partial charge in [0.15, 0.2) is 0 Å². The summed E-state index contributed by atoms with van der Waals surface area (Å²) in [6, 6.07) is 5.48. The van der Waals surface area contributed by atoms with Crippen LogP contribution in [0.4, 0.5) is 5.69 Å². The number of hydrogen-bond donors (Lipinski definition) is 2. The number of hydrogen-bond acceptors (Lipinski definition) is 2. The van der Waals surface area contributed by atoms with Gasteiger partial charge in [0.25, 0.3) is 0 Å². The van der Waals surface area contributed by atoms with E-state index >= 15 is 0 Å². The van der Waals surface area contributed by atoms with Crippen LogP contribution in [-0.2, 0) is 4.79 Å². The number of anilines is 1. The van der Waals surface area contributed by atoms with Crippen molar-refractivity contribution in [3.8, 4) is 0 Å². The summed E-state index contributed by atoms with van der Waals surface area (Å²) in [4.78, 5) is 10.6. The predicted molar refractivity (Wildman–Crippen MR) is 53.6 cm³/mol. The highest BCUT2D eigenvalue weighted by atomic mass is 35.5. The number of carbonyl (C=O) groups is 1. The van der Waals surface area contributed by atoms with Crippen LogP contribution < -0.4 is 10.9 Å². The van der Waals surface area contributed by atoms with Gasteiger partial charge < -0.3 is 0 Å². The topological polar surface area (TPSA) is 41.1 Å². The third kappa shape index (κ3) is 2.95. The van der Waals surface area contributed by atoms with Crippen LogP contribution in [0.3, 0.4) is 0 Å². The van der Waals surface area contributed by atoms with E-state index in [0.717, 1.165) is 11.3 Å². The van der Waals surface area contributed by atoms with Crippen molar-refractivity contribution in [2.75, 3.05) is 5.43 Å². The van der Waals surface area contributed by atoms with E-state index in [1.165, 1.54) is 6.92 Å². The molecule has 0 saturated carbocycles. The fourth-order valence-electron chi connectivity index (χ4n) is 0.831. The Morgan fingerprint density at radius 2 is 2.15 bits per heavy atom. The molecule has 1 aromatic rings. The largest absolute Gasteiger partial charge is 0.299 e. The second-order valence-electron chi connectivity index (χ2n) is 2.77. The Morgan fingerprint density at radius 3 is 2.69 bits per heavy atom. The van der Waals surface area contributed by atoms with Gasteiger partial charge in [-0.3, -0.25) is 15.6 Å². The molecule has 13 heavy (non-hydrogen) atoms. The van der Waals surface area contributed by atoms with E-state index < -0.39 is 0 Å². The quantitative estimate of drug-likeness (QED) is 0.715. The molecule has 0 atom stereocenters. The van der Waals surface area contributed by atoms with Crippen LogP contribution in [0.25, 0.3) is 0 Å². The molecule has 0 aromatic heterocycles. The SMILES string of the molecule is CC(=O)NNc1ccc(C)c(Cl)c1. The van der Waals surface area contributed by atoms with Crippen molar-refractivity contribution in [1.29, 1.82) is 0 Å². The molecule has 0 saturated heterocycles. The van der Waals surface area contributed by atoms with Crippen LogP contribution in [0.5, 0.6) is 0 Å². The minimum atomic E-state index is -0.142. The summed E-state index contributed by atoms with van der Waals surface area (Å²) >= 11 is 5.88. The lowest BCUT2D eigenvalue weighted by molar-refractivity contribution is -0.118. The maximum Gasteiger partial charge on any atom is 0.235 e. The fraction of sp³-hybridized carbons (Fsp3) is 0.222. The molecular formula is C9H11ClN2O. The first-order valence-electron chi connectivity index (χ1n) is 3.88. The molecule has 0 aliphatic rings. The van der Waals surface area contributed by atoms with E-state index in [9.17, 15) is 4.79 Å². The lowest BCUT2D eigenvalue weighted by Crippen LogP contribution is -2.26. The van der Waals surface area contributed by atoms with Crippen LogP contribution in [0.2, 0.25) is 5.02 Å². The zero-order chi connectivity index (χ0) is 9.84. The Bertz CT molecular complexity index is 325. The lowest BCUT2D eigenvalue weighted by atomic mass is 10.2. The summed E-state index contributed by atoms with van der Waals surface area (Å²) in [5.74, 6) is -0.142. The van der Waals surface area contributed by atoms with Gasteiger partial charge in [-0.25, -0.2) is 0 Å². The van der Waals surface area contributed by atoms with Crippen LogP contribution in [-0.4, -0.2) is 5.91 Å². The Balaban J connectivity index is 2.68. The van der Waals surface area contributed by atoms with Crippen molar-refractivity contribution in [3.63, 3.8) is 0 Å². The summed E-state index contributed by atoms with van der Waals surface area (Å²) in [5, 5.41) is 0.676. The van der Waals surface area contributed by atoms with Crippen LogP contribution in [0.1, 0.15) is 12.5 Å². The molecule has 0 aliphatic heterocycles. The third-order valence-corrected chi connectivity index (χ3v) is 1.96. The van der Waals surface area contributed by atoms with E-state index in [1.54, 1.807) is 6.07 Å². The molecule has 0 spiro atoms. The molecule has 70 valence electrons. The number of amides is 1. The monoisotopic (exact) mass is 198 g/mol.